The lowest BCUT2D eigenvalue weighted by molar-refractivity contribution is -0.115. The van der Waals surface area contributed by atoms with E-state index in [2.05, 4.69) is 20.7 Å². The molecular formula is C28H30FN5O3. The number of fused-ring (bicyclic) bond motifs is 1. The zero-order chi connectivity index (χ0) is 26.9. The Morgan fingerprint density at radius 2 is 1.81 bits per heavy atom. The predicted octanol–water partition coefficient (Wildman–Crippen LogP) is 5.28. The summed E-state index contributed by atoms with van der Waals surface area (Å²) in [5.74, 6) is -0.270. The van der Waals surface area contributed by atoms with E-state index in [9.17, 15) is 14.0 Å². The van der Waals surface area contributed by atoms with E-state index >= 15 is 0 Å². The number of halogens is 1. The Morgan fingerprint density at radius 1 is 1.11 bits per heavy atom. The van der Waals surface area contributed by atoms with Gasteiger partial charge in [0.1, 0.15) is 17.3 Å². The molecule has 4 rings (SSSR count). The van der Waals surface area contributed by atoms with Gasteiger partial charge in [-0.05, 0) is 63.4 Å². The summed E-state index contributed by atoms with van der Waals surface area (Å²) in [4.78, 5) is 29.0. The second-order valence-electron chi connectivity index (χ2n) is 9.97. The Balaban J connectivity index is 1.56. The number of anilines is 1. The van der Waals surface area contributed by atoms with E-state index in [-0.39, 0.29) is 23.4 Å². The molecule has 2 aromatic carbocycles. The Bertz CT molecular complexity index is 1480. The van der Waals surface area contributed by atoms with Crippen molar-refractivity contribution in [2.75, 3.05) is 12.4 Å². The molecule has 2 heterocycles. The number of ether oxygens (including phenoxy) is 1. The van der Waals surface area contributed by atoms with E-state index in [1.807, 2.05) is 52.9 Å². The second-order valence-corrected chi connectivity index (χ2v) is 9.97. The number of hydrogen-bond acceptors (Lipinski definition) is 5. The first-order chi connectivity index (χ1) is 17.5. The SMILES string of the molecule is CNC(=O)c1cc2c(Oc3c(C)cc(CC(=O)Nc4cnn(C(C)(C)C)c4)cc3C)ccnc2cc1F. The fraction of sp³-hybridized carbons (Fsp3) is 0.286. The van der Waals surface area contributed by atoms with Gasteiger partial charge in [-0.25, -0.2) is 4.39 Å². The third kappa shape index (κ3) is 5.61. The second kappa shape index (κ2) is 10.0. The first kappa shape index (κ1) is 25.8. The van der Waals surface area contributed by atoms with E-state index in [4.69, 9.17) is 4.74 Å². The molecule has 0 fully saturated rings. The van der Waals surface area contributed by atoms with E-state index in [0.717, 1.165) is 16.7 Å². The normalized spacial score (nSPS) is 11.4. The van der Waals surface area contributed by atoms with E-state index in [1.165, 1.54) is 25.4 Å². The Labute approximate surface area is 214 Å². The maximum atomic E-state index is 14.4. The molecule has 192 valence electrons. The Morgan fingerprint density at radius 3 is 2.43 bits per heavy atom. The summed E-state index contributed by atoms with van der Waals surface area (Å²) < 4.78 is 22.5. The van der Waals surface area contributed by atoms with Gasteiger partial charge in [0.05, 0.1) is 34.9 Å². The van der Waals surface area contributed by atoms with Crippen molar-refractivity contribution >= 4 is 28.4 Å². The van der Waals surface area contributed by atoms with Crippen LogP contribution in [0, 0.1) is 19.7 Å². The summed E-state index contributed by atoms with van der Waals surface area (Å²) in [6.45, 7) is 9.91. The van der Waals surface area contributed by atoms with E-state index in [0.29, 0.717) is 28.1 Å². The Hall–Kier alpha value is -4.27. The highest BCUT2D eigenvalue weighted by Gasteiger charge is 2.18. The third-order valence-corrected chi connectivity index (χ3v) is 5.91. The van der Waals surface area contributed by atoms with Crippen molar-refractivity contribution in [1.29, 1.82) is 0 Å². The van der Waals surface area contributed by atoms with Crippen molar-refractivity contribution in [2.24, 2.45) is 0 Å². The quantitative estimate of drug-likeness (QED) is 0.373. The molecular weight excluding hydrogens is 473 g/mol. The van der Waals surface area contributed by atoms with Crippen LogP contribution in [0.4, 0.5) is 10.1 Å². The van der Waals surface area contributed by atoms with E-state index in [1.54, 1.807) is 16.9 Å². The summed E-state index contributed by atoms with van der Waals surface area (Å²) in [5.41, 5.74) is 3.27. The fourth-order valence-electron chi connectivity index (χ4n) is 4.10. The molecule has 0 saturated heterocycles. The molecule has 4 aromatic rings. The molecule has 0 saturated carbocycles. The standard InChI is InChI=1S/C28H30FN5O3/c1-16-9-18(11-25(35)33-19-14-32-34(15-19)28(3,4)5)10-17(2)26(16)37-24-7-8-31-23-13-22(29)20(12-21(23)24)27(36)30-6/h7-10,12-15H,11H2,1-6H3,(H,30,36)(H,33,35). The highest BCUT2D eigenvalue weighted by atomic mass is 19.1. The van der Waals surface area contributed by atoms with Crippen LogP contribution in [0.15, 0.2) is 48.9 Å². The number of hydrogen-bond donors (Lipinski definition) is 2. The molecule has 0 atom stereocenters. The number of rotatable bonds is 6. The molecule has 8 nitrogen and oxygen atoms in total. The number of nitrogens with one attached hydrogen (secondary N) is 2. The summed E-state index contributed by atoms with van der Waals surface area (Å²) in [5, 5.41) is 10.2. The average molecular weight is 504 g/mol. The molecule has 0 unspecified atom stereocenters. The van der Waals surface area contributed by atoms with Crippen molar-refractivity contribution in [3.63, 3.8) is 0 Å². The molecule has 2 N–H and O–H groups in total. The smallest absolute Gasteiger partial charge is 0.254 e. The summed E-state index contributed by atoms with van der Waals surface area (Å²) >= 11 is 0. The van der Waals surface area contributed by atoms with Crippen LogP contribution in [0.1, 0.15) is 47.8 Å². The van der Waals surface area contributed by atoms with Crippen molar-refractivity contribution in [3.05, 3.63) is 77.0 Å². The zero-order valence-corrected chi connectivity index (χ0v) is 21.8. The minimum Gasteiger partial charge on any atom is -0.456 e. The molecule has 0 spiro atoms. The van der Waals surface area contributed by atoms with Crippen LogP contribution in [-0.4, -0.2) is 33.6 Å². The molecule has 37 heavy (non-hydrogen) atoms. The largest absolute Gasteiger partial charge is 0.456 e. The van der Waals surface area contributed by atoms with Crippen molar-refractivity contribution in [1.82, 2.24) is 20.1 Å². The number of benzene rings is 2. The summed E-state index contributed by atoms with van der Waals surface area (Å²) in [6, 6.07) is 8.14. The van der Waals surface area contributed by atoms with Crippen LogP contribution < -0.4 is 15.4 Å². The van der Waals surface area contributed by atoms with Crippen LogP contribution in [0.2, 0.25) is 0 Å². The van der Waals surface area contributed by atoms with Gasteiger partial charge in [0.15, 0.2) is 0 Å². The van der Waals surface area contributed by atoms with Gasteiger partial charge in [-0.15, -0.1) is 0 Å². The molecule has 0 aliphatic rings. The molecule has 0 radical (unpaired) electrons. The van der Waals surface area contributed by atoms with Gasteiger partial charge < -0.3 is 15.4 Å². The number of aryl methyl sites for hydroxylation is 2. The molecule has 0 aliphatic carbocycles. The van der Waals surface area contributed by atoms with Crippen molar-refractivity contribution in [3.8, 4) is 11.5 Å². The fourth-order valence-corrected chi connectivity index (χ4v) is 4.10. The predicted molar refractivity (Wildman–Crippen MR) is 141 cm³/mol. The van der Waals surface area contributed by atoms with Crippen molar-refractivity contribution < 1.29 is 18.7 Å². The van der Waals surface area contributed by atoms with Crippen LogP contribution >= 0.6 is 0 Å². The number of pyridine rings is 1. The Kier molecular flexibility index (Phi) is 6.98. The molecule has 9 heteroatoms. The maximum Gasteiger partial charge on any atom is 0.254 e. The van der Waals surface area contributed by atoms with Gasteiger partial charge in [0.25, 0.3) is 5.91 Å². The molecule has 0 bridgehead atoms. The van der Waals surface area contributed by atoms with E-state index < -0.39 is 11.7 Å². The molecule has 2 amide bonds. The van der Waals surface area contributed by atoms with Gasteiger partial charge in [-0.1, -0.05) is 12.1 Å². The van der Waals surface area contributed by atoms with Crippen LogP contribution in [-0.2, 0) is 16.8 Å². The number of carbonyl (C=O) groups is 2. The summed E-state index contributed by atoms with van der Waals surface area (Å²) in [6.07, 6.45) is 5.17. The van der Waals surface area contributed by atoms with Crippen LogP contribution in [0.25, 0.3) is 10.9 Å². The molecule has 2 aromatic heterocycles. The van der Waals surface area contributed by atoms with Crippen LogP contribution in [0.3, 0.4) is 0 Å². The number of nitrogens with zero attached hydrogens (tertiary/aromatic N) is 3. The minimum atomic E-state index is -0.655. The lowest BCUT2D eigenvalue weighted by atomic mass is 10.0. The van der Waals surface area contributed by atoms with Gasteiger partial charge in [-0.3, -0.25) is 19.3 Å². The third-order valence-electron chi connectivity index (χ3n) is 5.91. The highest BCUT2D eigenvalue weighted by molar-refractivity contribution is 5.99. The maximum absolute atomic E-state index is 14.4. The lowest BCUT2D eigenvalue weighted by Crippen LogP contribution is -2.22. The first-order valence-electron chi connectivity index (χ1n) is 11.9. The van der Waals surface area contributed by atoms with Crippen LogP contribution in [0.5, 0.6) is 11.5 Å². The number of carbonyl (C=O) groups excluding carboxylic acids is 2. The minimum absolute atomic E-state index is 0.0873. The summed E-state index contributed by atoms with van der Waals surface area (Å²) in [7, 11) is 1.44. The topological polar surface area (TPSA) is 98.1 Å². The zero-order valence-electron chi connectivity index (χ0n) is 21.8. The van der Waals surface area contributed by atoms with Gasteiger partial charge in [0, 0.05) is 30.9 Å². The van der Waals surface area contributed by atoms with Gasteiger partial charge >= 0.3 is 0 Å². The number of aromatic nitrogens is 3. The van der Waals surface area contributed by atoms with Gasteiger partial charge in [-0.2, -0.15) is 5.10 Å². The lowest BCUT2D eigenvalue weighted by Gasteiger charge is -2.18. The first-order valence-corrected chi connectivity index (χ1v) is 11.9. The van der Waals surface area contributed by atoms with Gasteiger partial charge in [0.2, 0.25) is 5.91 Å². The highest BCUT2D eigenvalue weighted by Crippen LogP contribution is 2.34. The monoisotopic (exact) mass is 503 g/mol. The molecule has 0 aliphatic heterocycles. The number of amides is 2. The average Bonchev–Trinajstić information content (AvgIpc) is 3.29. The van der Waals surface area contributed by atoms with Crippen molar-refractivity contribution in [2.45, 2.75) is 46.6 Å².